The van der Waals surface area contributed by atoms with Gasteiger partial charge in [-0.25, -0.2) is 0 Å². The SMILES string of the molecule is C/C=C/C(C[N+](=O)[O-])c1ccco1. The number of nitrogens with zero attached hydrogens (tertiary/aromatic N) is 1. The Hall–Kier alpha value is -1.58. The van der Waals surface area contributed by atoms with Crippen LogP contribution in [0, 0.1) is 10.1 Å². The summed E-state index contributed by atoms with van der Waals surface area (Å²) in [6, 6.07) is 3.47. The molecule has 1 atom stereocenters. The van der Waals surface area contributed by atoms with Crippen molar-refractivity contribution in [3.8, 4) is 0 Å². The molecule has 0 radical (unpaired) electrons. The van der Waals surface area contributed by atoms with Gasteiger partial charge in [0.2, 0.25) is 6.54 Å². The Labute approximate surface area is 76.0 Å². The first-order chi connectivity index (χ1) is 6.24. The average molecular weight is 181 g/mol. The molecule has 0 saturated heterocycles. The minimum absolute atomic E-state index is 0.127. The van der Waals surface area contributed by atoms with E-state index in [-0.39, 0.29) is 17.4 Å². The second-order valence-electron chi connectivity index (χ2n) is 2.66. The summed E-state index contributed by atoms with van der Waals surface area (Å²) in [5, 5.41) is 10.3. The topological polar surface area (TPSA) is 56.3 Å². The minimum atomic E-state index is -0.340. The molecule has 0 aliphatic carbocycles. The smallest absolute Gasteiger partial charge is 0.217 e. The van der Waals surface area contributed by atoms with Crippen molar-refractivity contribution in [1.29, 1.82) is 0 Å². The van der Waals surface area contributed by atoms with Gasteiger partial charge in [-0.2, -0.15) is 0 Å². The molecule has 1 unspecified atom stereocenters. The first kappa shape index (κ1) is 9.51. The van der Waals surface area contributed by atoms with E-state index in [0.29, 0.717) is 5.76 Å². The Kier molecular flexibility index (Phi) is 3.25. The average Bonchev–Trinajstić information content (AvgIpc) is 2.54. The molecule has 0 aliphatic rings. The summed E-state index contributed by atoms with van der Waals surface area (Å²) >= 11 is 0. The van der Waals surface area contributed by atoms with E-state index in [2.05, 4.69) is 0 Å². The summed E-state index contributed by atoms with van der Waals surface area (Å²) in [5.74, 6) is 0.379. The fourth-order valence-electron chi connectivity index (χ4n) is 1.14. The Bertz CT molecular complexity index is 290. The van der Waals surface area contributed by atoms with Crippen LogP contribution >= 0.6 is 0 Å². The van der Waals surface area contributed by atoms with Gasteiger partial charge in [-0.15, -0.1) is 0 Å². The fourth-order valence-corrected chi connectivity index (χ4v) is 1.14. The standard InChI is InChI=1S/C9H11NO3/c1-2-4-8(7-10(11)12)9-5-3-6-13-9/h2-6,8H,7H2,1H3/b4-2+. The third kappa shape index (κ3) is 2.74. The van der Waals surface area contributed by atoms with Crippen LogP contribution in [0.4, 0.5) is 0 Å². The van der Waals surface area contributed by atoms with Crippen LogP contribution in [0.5, 0.6) is 0 Å². The second kappa shape index (κ2) is 4.45. The maximum absolute atomic E-state index is 10.3. The highest BCUT2D eigenvalue weighted by atomic mass is 16.6. The van der Waals surface area contributed by atoms with E-state index in [1.54, 1.807) is 24.3 Å². The summed E-state index contributed by atoms with van der Waals surface area (Å²) < 4.78 is 5.09. The molecule has 0 aromatic carbocycles. The Morgan fingerprint density at radius 1 is 1.77 bits per heavy atom. The van der Waals surface area contributed by atoms with Gasteiger partial charge in [-0.05, 0) is 19.1 Å². The molecule has 0 spiro atoms. The molecule has 1 heterocycles. The van der Waals surface area contributed by atoms with Gasteiger partial charge >= 0.3 is 0 Å². The van der Waals surface area contributed by atoms with Gasteiger partial charge in [-0.3, -0.25) is 10.1 Å². The fraction of sp³-hybridized carbons (Fsp3) is 0.333. The van der Waals surface area contributed by atoms with Gasteiger partial charge in [0.25, 0.3) is 0 Å². The normalized spacial score (nSPS) is 13.3. The largest absolute Gasteiger partial charge is 0.468 e. The van der Waals surface area contributed by atoms with Crippen molar-refractivity contribution in [1.82, 2.24) is 0 Å². The van der Waals surface area contributed by atoms with Crippen molar-refractivity contribution >= 4 is 0 Å². The van der Waals surface area contributed by atoms with E-state index in [9.17, 15) is 10.1 Å². The Balaban J connectivity index is 2.74. The first-order valence-electron chi connectivity index (χ1n) is 4.02. The lowest BCUT2D eigenvalue weighted by atomic mass is 10.1. The molecular weight excluding hydrogens is 170 g/mol. The highest BCUT2D eigenvalue weighted by Gasteiger charge is 2.16. The van der Waals surface area contributed by atoms with Crippen LogP contribution in [0.3, 0.4) is 0 Å². The van der Waals surface area contributed by atoms with Gasteiger partial charge < -0.3 is 4.42 Å². The van der Waals surface area contributed by atoms with E-state index in [0.717, 1.165) is 0 Å². The van der Waals surface area contributed by atoms with Crippen LogP contribution in [0.1, 0.15) is 18.6 Å². The predicted molar refractivity (Wildman–Crippen MR) is 48.1 cm³/mol. The number of furan rings is 1. The Morgan fingerprint density at radius 2 is 2.54 bits per heavy atom. The van der Waals surface area contributed by atoms with Crippen LogP contribution in [-0.4, -0.2) is 11.5 Å². The van der Waals surface area contributed by atoms with Gasteiger partial charge in [0.05, 0.1) is 12.2 Å². The number of nitro groups is 1. The highest BCUT2D eigenvalue weighted by molar-refractivity contribution is 5.12. The summed E-state index contributed by atoms with van der Waals surface area (Å²) in [6.07, 6.45) is 5.07. The van der Waals surface area contributed by atoms with Crippen LogP contribution in [0.25, 0.3) is 0 Å². The van der Waals surface area contributed by atoms with Gasteiger partial charge in [0, 0.05) is 4.92 Å². The lowest BCUT2D eigenvalue weighted by Crippen LogP contribution is -2.09. The van der Waals surface area contributed by atoms with Crippen molar-refractivity contribution < 1.29 is 9.34 Å². The predicted octanol–water partition coefficient (Wildman–Crippen LogP) is 2.22. The van der Waals surface area contributed by atoms with Crippen LogP contribution in [-0.2, 0) is 0 Å². The van der Waals surface area contributed by atoms with Crippen molar-refractivity contribution in [2.75, 3.05) is 6.54 Å². The third-order valence-corrected chi connectivity index (χ3v) is 1.68. The maximum atomic E-state index is 10.3. The molecule has 4 nitrogen and oxygen atoms in total. The van der Waals surface area contributed by atoms with Gasteiger partial charge in [0.15, 0.2) is 0 Å². The summed E-state index contributed by atoms with van der Waals surface area (Å²) in [4.78, 5) is 9.97. The molecule has 1 aromatic rings. The van der Waals surface area contributed by atoms with E-state index in [1.807, 2.05) is 6.92 Å². The quantitative estimate of drug-likeness (QED) is 0.406. The van der Waals surface area contributed by atoms with Crippen molar-refractivity contribution in [3.63, 3.8) is 0 Å². The first-order valence-corrected chi connectivity index (χ1v) is 4.02. The Morgan fingerprint density at radius 3 is 3.00 bits per heavy atom. The summed E-state index contributed by atoms with van der Waals surface area (Å²) in [6.45, 7) is 1.70. The number of rotatable bonds is 4. The van der Waals surface area contributed by atoms with Crippen molar-refractivity contribution in [2.45, 2.75) is 12.8 Å². The molecule has 13 heavy (non-hydrogen) atoms. The number of allylic oxidation sites excluding steroid dienone is 1. The molecule has 0 aliphatic heterocycles. The van der Waals surface area contributed by atoms with Gasteiger partial charge in [0.1, 0.15) is 5.76 Å². The molecule has 0 fully saturated rings. The van der Waals surface area contributed by atoms with E-state index < -0.39 is 0 Å². The molecular formula is C9H11NO3. The van der Waals surface area contributed by atoms with Crippen LogP contribution < -0.4 is 0 Å². The highest BCUT2D eigenvalue weighted by Crippen LogP contribution is 2.17. The molecule has 70 valence electrons. The molecule has 0 saturated carbocycles. The van der Waals surface area contributed by atoms with Gasteiger partial charge in [-0.1, -0.05) is 12.2 Å². The number of hydrogen-bond acceptors (Lipinski definition) is 3. The van der Waals surface area contributed by atoms with E-state index in [4.69, 9.17) is 4.42 Å². The molecule has 0 bridgehead atoms. The van der Waals surface area contributed by atoms with Crippen molar-refractivity contribution in [3.05, 3.63) is 46.4 Å². The van der Waals surface area contributed by atoms with Crippen molar-refractivity contribution in [2.24, 2.45) is 0 Å². The van der Waals surface area contributed by atoms with Crippen LogP contribution in [0.2, 0.25) is 0 Å². The summed E-state index contributed by atoms with van der Waals surface area (Å²) in [7, 11) is 0. The number of hydrogen-bond donors (Lipinski definition) is 0. The minimum Gasteiger partial charge on any atom is -0.468 e. The lowest BCUT2D eigenvalue weighted by molar-refractivity contribution is -0.482. The van der Waals surface area contributed by atoms with Crippen LogP contribution in [0.15, 0.2) is 35.0 Å². The zero-order chi connectivity index (χ0) is 9.68. The zero-order valence-electron chi connectivity index (χ0n) is 7.34. The zero-order valence-corrected chi connectivity index (χ0v) is 7.34. The lowest BCUT2D eigenvalue weighted by Gasteiger charge is -2.03. The molecule has 1 aromatic heterocycles. The molecule has 1 rings (SSSR count). The maximum Gasteiger partial charge on any atom is 0.217 e. The van der Waals surface area contributed by atoms with E-state index >= 15 is 0 Å². The second-order valence-corrected chi connectivity index (χ2v) is 2.66. The molecule has 0 amide bonds. The summed E-state index contributed by atoms with van der Waals surface area (Å²) in [5.41, 5.74) is 0. The molecule has 0 N–H and O–H groups in total. The van der Waals surface area contributed by atoms with E-state index in [1.165, 1.54) is 6.26 Å². The molecule has 4 heteroatoms. The monoisotopic (exact) mass is 181 g/mol. The third-order valence-electron chi connectivity index (χ3n) is 1.68.